The highest BCUT2D eigenvalue weighted by Crippen LogP contribution is 2.25. The first-order valence-corrected chi connectivity index (χ1v) is 9.74. The van der Waals surface area contributed by atoms with Gasteiger partial charge >= 0.3 is 0 Å². The molecule has 1 saturated heterocycles. The van der Waals surface area contributed by atoms with E-state index in [1.54, 1.807) is 6.26 Å². The van der Waals surface area contributed by atoms with Crippen LogP contribution in [0.25, 0.3) is 0 Å². The lowest BCUT2D eigenvalue weighted by Gasteiger charge is -2.39. The molecule has 1 amide bonds. The molecular weight excluding hydrogens is 364 g/mol. The molecule has 0 radical (unpaired) electrons. The molecule has 3 rings (SSSR count). The second kappa shape index (κ2) is 10.6. The van der Waals surface area contributed by atoms with E-state index in [9.17, 15) is 4.79 Å². The Morgan fingerprint density at radius 3 is 2.30 bits per heavy atom. The summed E-state index contributed by atoms with van der Waals surface area (Å²) in [6, 6.07) is 10.7. The molecule has 0 aliphatic carbocycles. The Morgan fingerprint density at radius 2 is 1.74 bits per heavy atom. The van der Waals surface area contributed by atoms with Crippen LogP contribution in [0.1, 0.15) is 32.3 Å². The molecule has 0 spiro atoms. The van der Waals surface area contributed by atoms with E-state index < -0.39 is 0 Å². The number of piperazine rings is 1. The van der Waals surface area contributed by atoms with Crippen LogP contribution in [0.2, 0.25) is 0 Å². The lowest BCUT2D eigenvalue weighted by atomic mass is 9.95. The summed E-state index contributed by atoms with van der Waals surface area (Å²) in [5.74, 6) is 0.496. The van der Waals surface area contributed by atoms with Gasteiger partial charge in [-0.1, -0.05) is 44.2 Å². The van der Waals surface area contributed by atoms with E-state index in [4.69, 9.17) is 9.47 Å². The van der Waals surface area contributed by atoms with Gasteiger partial charge in [0.15, 0.2) is 0 Å². The Bertz CT molecular complexity index is 611. The number of hydrogen-bond donors (Lipinski definition) is 0. The summed E-state index contributed by atoms with van der Waals surface area (Å²) in [6.07, 6.45) is 4.58. The smallest absolute Gasteiger partial charge is 0.233 e. The third-order valence-electron chi connectivity index (χ3n) is 5.50. The molecule has 0 saturated carbocycles. The van der Waals surface area contributed by atoms with E-state index >= 15 is 0 Å². The molecule has 5 nitrogen and oxygen atoms in total. The Balaban J connectivity index is 0.00000261. The second-order valence-corrected chi connectivity index (χ2v) is 7.02. The van der Waals surface area contributed by atoms with E-state index in [0.29, 0.717) is 18.2 Å². The largest absolute Gasteiger partial charge is 0.462 e. The van der Waals surface area contributed by atoms with Crippen LogP contribution in [0.5, 0.6) is 0 Å². The average molecular weight is 395 g/mol. The van der Waals surface area contributed by atoms with Gasteiger partial charge in [-0.15, -0.1) is 12.4 Å². The Labute approximate surface area is 168 Å². The van der Waals surface area contributed by atoms with Crippen molar-refractivity contribution in [2.45, 2.75) is 39.2 Å². The number of ether oxygens (including phenoxy) is 2. The molecule has 2 heterocycles. The maximum Gasteiger partial charge on any atom is 0.233 e. The van der Waals surface area contributed by atoms with Gasteiger partial charge in [0.05, 0.1) is 0 Å². The Kier molecular flexibility index (Phi) is 8.45. The number of rotatable bonds is 7. The van der Waals surface area contributed by atoms with Crippen LogP contribution in [-0.4, -0.2) is 54.7 Å². The first kappa shape index (κ1) is 21.6. The number of nitrogens with zero attached hydrogens (tertiary/aromatic N) is 2. The maximum atomic E-state index is 13.2. The Hall–Kier alpha value is -1.72. The first-order valence-electron chi connectivity index (χ1n) is 9.74. The fraction of sp³-hybridized carbons (Fsp3) is 0.571. The molecular formula is C21H31ClN2O3. The second-order valence-electron chi connectivity index (χ2n) is 7.02. The molecule has 1 fully saturated rings. The van der Waals surface area contributed by atoms with Crippen molar-refractivity contribution < 1.29 is 14.3 Å². The minimum atomic E-state index is -0.306. The molecule has 6 heteroatoms. The number of carbonyl (C=O) groups is 1. The highest BCUT2D eigenvalue weighted by atomic mass is 35.5. The number of halogens is 1. The van der Waals surface area contributed by atoms with Crippen molar-refractivity contribution >= 4 is 18.3 Å². The van der Waals surface area contributed by atoms with E-state index in [-0.39, 0.29) is 31.0 Å². The van der Waals surface area contributed by atoms with Crippen molar-refractivity contribution in [1.29, 1.82) is 0 Å². The van der Waals surface area contributed by atoms with Crippen LogP contribution in [0, 0.1) is 5.92 Å². The fourth-order valence-corrected chi connectivity index (χ4v) is 3.93. The number of amides is 1. The van der Waals surface area contributed by atoms with Crippen molar-refractivity contribution in [3.63, 3.8) is 0 Å². The average Bonchev–Trinajstić information content (AvgIpc) is 3.22. The van der Waals surface area contributed by atoms with Gasteiger partial charge in [-0.25, -0.2) is 0 Å². The predicted molar refractivity (Wildman–Crippen MR) is 109 cm³/mol. The summed E-state index contributed by atoms with van der Waals surface area (Å²) in [7, 11) is 0. The molecule has 150 valence electrons. The predicted octanol–water partition coefficient (Wildman–Crippen LogP) is 3.45. The van der Waals surface area contributed by atoms with Crippen molar-refractivity contribution in [2.75, 3.05) is 33.0 Å². The minimum absolute atomic E-state index is 0. The third-order valence-corrected chi connectivity index (χ3v) is 5.50. The van der Waals surface area contributed by atoms with Crippen LogP contribution < -0.4 is 0 Å². The molecule has 2 aliphatic heterocycles. The number of carbonyl (C=O) groups excluding carboxylic acids is 1. The SMILES string of the molecule is CCC(CC)N1CCN(C(=O)C(Cc2ccccc2)C2=COCO2)CC1.Cl. The van der Waals surface area contributed by atoms with E-state index in [1.165, 1.54) is 12.8 Å². The molecule has 2 aliphatic rings. The monoisotopic (exact) mass is 394 g/mol. The molecule has 0 aromatic heterocycles. The summed E-state index contributed by atoms with van der Waals surface area (Å²) in [5, 5.41) is 0. The van der Waals surface area contributed by atoms with Crippen LogP contribution in [0.15, 0.2) is 42.4 Å². The van der Waals surface area contributed by atoms with Gasteiger partial charge in [0.1, 0.15) is 17.9 Å². The normalized spacial score (nSPS) is 18.3. The van der Waals surface area contributed by atoms with Crippen molar-refractivity contribution in [1.82, 2.24) is 9.80 Å². The summed E-state index contributed by atoms with van der Waals surface area (Å²) < 4.78 is 10.8. The van der Waals surface area contributed by atoms with Crippen LogP contribution >= 0.6 is 12.4 Å². The van der Waals surface area contributed by atoms with Crippen LogP contribution in [0.4, 0.5) is 0 Å². The molecule has 1 unspecified atom stereocenters. The topological polar surface area (TPSA) is 42.0 Å². The molecule has 1 atom stereocenters. The van der Waals surface area contributed by atoms with Gasteiger partial charge in [-0.2, -0.15) is 0 Å². The van der Waals surface area contributed by atoms with Gasteiger partial charge in [-0.05, 0) is 24.8 Å². The lowest BCUT2D eigenvalue weighted by molar-refractivity contribution is -0.137. The van der Waals surface area contributed by atoms with Crippen molar-refractivity contribution in [2.24, 2.45) is 5.92 Å². The van der Waals surface area contributed by atoms with Crippen LogP contribution in [-0.2, 0) is 20.7 Å². The van der Waals surface area contributed by atoms with E-state index in [2.05, 4.69) is 30.9 Å². The molecule has 0 N–H and O–H groups in total. The van der Waals surface area contributed by atoms with Gasteiger partial charge < -0.3 is 14.4 Å². The maximum absolute atomic E-state index is 13.2. The number of hydrogen-bond acceptors (Lipinski definition) is 4. The zero-order valence-corrected chi connectivity index (χ0v) is 17.1. The van der Waals surface area contributed by atoms with Crippen molar-refractivity contribution in [3.05, 3.63) is 47.9 Å². The zero-order valence-electron chi connectivity index (χ0n) is 16.3. The summed E-state index contributed by atoms with van der Waals surface area (Å²) >= 11 is 0. The van der Waals surface area contributed by atoms with Gasteiger partial charge in [0.25, 0.3) is 0 Å². The number of benzene rings is 1. The van der Waals surface area contributed by atoms with Gasteiger partial charge in [0.2, 0.25) is 12.7 Å². The molecule has 27 heavy (non-hydrogen) atoms. The third kappa shape index (κ3) is 5.39. The van der Waals surface area contributed by atoms with Gasteiger partial charge in [-0.3, -0.25) is 9.69 Å². The fourth-order valence-electron chi connectivity index (χ4n) is 3.93. The summed E-state index contributed by atoms with van der Waals surface area (Å²) in [5.41, 5.74) is 1.14. The van der Waals surface area contributed by atoms with E-state index in [0.717, 1.165) is 31.7 Å². The quantitative estimate of drug-likeness (QED) is 0.710. The van der Waals surface area contributed by atoms with E-state index in [1.807, 2.05) is 23.1 Å². The minimum Gasteiger partial charge on any atom is -0.462 e. The summed E-state index contributed by atoms with van der Waals surface area (Å²) in [6.45, 7) is 8.16. The first-order chi connectivity index (χ1) is 12.7. The van der Waals surface area contributed by atoms with Gasteiger partial charge in [0, 0.05) is 32.2 Å². The molecule has 1 aromatic carbocycles. The highest BCUT2D eigenvalue weighted by Gasteiger charge is 2.33. The molecule has 0 bridgehead atoms. The standard InChI is InChI=1S/C21H30N2O3.ClH/c1-3-18(4-2)22-10-12-23(13-11-22)21(24)19(20-15-25-16-26-20)14-17-8-6-5-7-9-17;/h5-9,15,18-19H,3-4,10-14,16H2,1-2H3;1H. The summed E-state index contributed by atoms with van der Waals surface area (Å²) in [4.78, 5) is 17.7. The lowest BCUT2D eigenvalue weighted by Crippen LogP contribution is -2.53. The molecule has 1 aromatic rings. The zero-order chi connectivity index (χ0) is 18.4. The van der Waals surface area contributed by atoms with Crippen molar-refractivity contribution in [3.8, 4) is 0 Å². The highest BCUT2D eigenvalue weighted by molar-refractivity contribution is 5.85. The Morgan fingerprint density at radius 1 is 1.07 bits per heavy atom. The van der Waals surface area contributed by atoms with Crippen LogP contribution in [0.3, 0.4) is 0 Å².